The number of amides is 1. The minimum Gasteiger partial charge on any atom is -0.508 e. The van der Waals surface area contributed by atoms with E-state index in [4.69, 9.17) is 5.11 Å². The molecule has 1 rings (SSSR count). The number of para-hydroxylation sites is 1. The van der Waals surface area contributed by atoms with E-state index in [9.17, 15) is 14.7 Å². The van der Waals surface area contributed by atoms with Crippen LogP contribution in [0.2, 0.25) is 0 Å². The topological polar surface area (TPSA) is 86.6 Å². The van der Waals surface area contributed by atoms with Crippen LogP contribution in [-0.2, 0) is 16.0 Å². The lowest BCUT2D eigenvalue weighted by molar-refractivity contribution is -0.141. The molecule has 3 N–H and O–H groups in total. The normalized spacial score (nSPS) is 11.8. The first kappa shape index (κ1) is 14.0. The molecule has 0 aliphatic carbocycles. The number of carbonyl (C=O) groups excluding carboxylic acids is 1. The zero-order valence-electron chi connectivity index (χ0n) is 10.2. The molecule has 18 heavy (non-hydrogen) atoms. The first-order valence-electron chi connectivity index (χ1n) is 5.83. The van der Waals surface area contributed by atoms with Crippen molar-refractivity contribution in [2.45, 2.75) is 32.2 Å². The summed E-state index contributed by atoms with van der Waals surface area (Å²) in [6.45, 7) is 1.85. The quantitative estimate of drug-likeness (QED) is 0.711. The largest absolute Gasteiger partial charge is 0.508 e. The van der Waals surface area contributed by atoms with Gasteiger partial charge in [-0.15, -0.1) is 0 Å². The lowest BCUT2D eigenvalue weighted by Crippen LogP contribution is -2.41. The van der Waals surface area contributed by atoms with E-state index in [1.165, 1.54) is 6.07 Å². The monoisotopic (exact) mass is 251 g/mol. The van der Waals surface area contributed by atoms with Gasteiger partial charge in [0.25, 0.3) is 0 Å². The summed E-state index contributed by atoms with van der Waals surface area (Å²) in [6.07, 6.45) is 1.04. The lowest BCUT2D eigenvalue weighted by atomic mass is 10.1. The van der Waals surface area contributed by atoms with Crippen molar-refractivity contribution in [1.29, 1.82) is 0 Å². The van der Waals surface area contributed by atoms with Gasteiger partial charge in [0, 0.05) is 5.56 Å². The molecule has 0 bridgehead atoms. The molecular formula is C13H17NO4. The van der Waals surface area contributed by atoms with E-state index < -0.39 is 17.9 Å². The van der Waals surface area contributed by atoms with Crippen molar-refractivity contribution in [2.75, 3.05) is 0 Å². The van der Waals surface area contributed by atoms with Crippen LogP contribution in [0.4, 0.5) is 0 Å². The maximum atomic E-state index is 11.7. The van der Waals surface area contributed by atoms with E-state index in [0.717, 1.165) is 0 Å². The molecule has 0 radical (unpaired) electrons. The van der Waals surface area contributed by atoms with Crippen molar-refractivity contribution in [3.8, 4) is 5.75 Å². The van der Waals surface area contributed by atoms with Gasteiger partial charge < -0.3 is 15.5 Å². The van der Waals surface area contributed by atoms with Crippen molar-refractivity contribution in [3.05, 3.63) is 29.8 Å². The Bertz CT molecular complexity index is 431. The van der Waals surface area contributed by atoms with Crippen molar-refractivity contribution in [3.63, 3.8) is 0 Å². The summed E-state index contributed by atoms with van der Waals surface area (Å²) in [5.74, 6) is -1.41. The van der Waals surface area contributed by atoms with Crippen molar-refractivity contribution >= 4 is 11.9 Å². The number of hydrogen-bond acceptors (Lipinski definition) is 3. The van der Waals surface area contributed by atoms with E-state index >= 15 is 0 Å². The number of benzene rings is 1. The van der Waals surface area contributed by atoms with Crippen molar-refractivity contribution in [2.24, 2.45) is 0 Å². The van der Waals surface area contributed by atoms with Gasteiger partial charge in [0.1, 0.15) is 11.8 Å². The fourth-order valence-electron chi connectivity index (χ4n) is 1.62. The molecule has 0 aliphatic heterocycles. The number of aliphatic carboxylic acids is 1. The Morgan fingerprint density at radius 1 is 1.33 bits per heavy atom. The van der Waals surface area contributed by atoms with E-state index in [2.05, 4.69) is 5.32 Å². The average molecular weight is 251 g/mol. The van der Waals surface area contributed by atoms with Crippen LogP contribution in [-0.4, -0.2) is 28.1 Å². The second kappa shape index (κ2) is 6.64. The zero-order valence-corrected chi connectivity index (χ0v) is 10.2. The third-order valence-corrected chi connectivity index (χ3v) is 2.55. The maximum absolute atomic E-state index is 11.7. The van der Waals surface area contributed by atoms with Crippen LogP contribution in [0.3, 0.4) is 0 Å². The second-order valence-corrected chi connectivity index (χ2v) is 4.05. The molecule has 98 valence electrons. The molecule has 0 spiro atoms. The van der Waals surface area contributed by atoms with E-state index in [0.29, 0.717) is 18.4 Å². The third kappa shape index (κ3) is 4.08. The van der Waals surface area contributed by atoms with Gasteiger partial charge in [-0.1, -0.05) is 31.5 Å². The Balaban J connectivity index is 2.61. The average Bonchev–Trinajstić information content (AvgIpc) is 2.31. The van der Waals surface area contributed by atoms with Gasteiger partial charge >= 0.3 is 5.97 Å². The molecule has 1 aromatic rings. The van der Waals surface area contributed by atoms with Crippen LogP contribution in [0.5, 0.6) is 5.75 Å². The number of carboxylic acids is 1. The van der Waals surface area contributed by atoms with Crippen LogP contribution in [0.1, 0.15) is 25.3 Å². The van der Waals surface area contributed by atoms with Gasteiger partial charge in [0.2, 0.25) is 5.91 Å². The summed E-state index contributed by atoms with van der Waals surface area (Å²) in [6, 6.07) is 5.62. The van der Waals surface area contributed by atoms with Crippen molar-refractivity contribution < 1.29 is 19.8 Å². The molecule has 0 saturated heterocycles. The number of phenolic OH excluding ortho intramolecular Hbond substituents is 1. The molecule has 1 atom stereocenters. The summed E-state index contributed by atoms with van der Waals surface area (Å²) < 4.78 is 0. The summed E-state index contributed by atoms with van der Waals surface area (Å²) in [7, 11) is 0. The molecule has 0 heterocycles. The molecule has 1 amide bonds. The molecule has 0 aromatic heterocycles. The van der Waals surface area contributed by atoms with Crippen LogP contribution in [0.25, 0.3) is 0 Å². The van der Waals surface area contributed by atoms with Gasteiger partial charge in [-0.3, -0.25) is 4.79 Å². The van der Waals surface area contributed by atoms with Crippen LogP contribution >= 0.6 is 0 Å². The highest BCUT2D eigenvalue weighted by Gasteiger charge is 2.19. The summed E-state index contributed by atoms with van der Waals surface area (Å²) in [4.78, 5) is 22.5. The maximum Gasteiger partial charge on any atom is 0.326 e. The van der Waals surface area contributed by atoms with E-state index in [1.807, 2.05) is 6.92 Å². The number of rotatable bonds is 6. The predicted octanol–water partition coefficient (Wildman–Crippen LogP) is 1.30. The summed E-state index contributed by atoms with van der Waals surface area (Å²) in [5, 5.41) is 20.9. The molecule has 5 heteroatoms. The highest BCUT2D eigenvalue weighted by Crippen LogP contribution is 2.15. The smallest absolute Gasteiger partial charge is 0.326 e. The summed E-state index contributed by atoms with van der Waals surface area (Å²) in [5.41, 5.74) is 0.482. The van der Waals surface area contributed by atoms with E-state index in [-0.39, 0.29) is 12.2 Å². The Morgan fingerprint density at radius 3 is 2.56 bits per heavy atom. The SMILES string of the molecule is CCC[C@@H](NC(=O)Cc1ccccc1O)C(=O)O. The molecular weight excluding hydrogens is 234 g/mol. The first-order valence-corrected chi connectivity index (χ1v) is 5.83. The first-order chi connectivity index (χ1) is 8.54. The lowest BCUT2D eigenvalue weighted by Gasteiger charge is -2.13. The molecule has 0 unspecified atom stereocenters. The second-order valence-electron chi connectivity index (χ2n) is 4.05. The number of aromatic hydroxyl groups is 1. The molecule has 0 fully saturated rings. The Kier molecular flexibility index (Phi) is 5.17. The number of carbonyl (C=O) groups is 2. The third-order valence-electron chi connectivity index (χ3n) is 2.55. The molecule has 0 saturated carbocycles. The Morgan fingerprint density at radius 2 is 2.00 bits per heavy atom. The standard InChI is InChI=1S/C13H17NO4/c1-2-5-10(13(17)18)14-12(16)8-9-6-3-4-7-11(9)15/h3-4,6-7,10,15H,2,5,8H2,1H3,(H,14,16)(H,17,18)/t10-/m1/s1. The highest BCUT2D eigenvalue weighted by molar-refractivity contribution is 5.85. The van der Waals surface area contributed by atoms with Crippen LogP contribution < -0.4 is 5.32 Å². The molecule has 1 aromatic carbocycles. The molecule has 0 aliphatic rings. The minimum atomic E-state index is -1.04. The number of nitrogens with one attached hydrogen (secondary N) is 1. The number of phenols is 1. The minimum absolute atomic E-state index is 0.0276. The van der Waals surface area contributed by atoms with Crippen LogP contribution in [0, 0.1) is 0 Å². The van der Waals surface area contributed by atoms with Gasteiger partial charge in [-0.05, 0) is 12.5 Å². The fourth-order valence-corrected chi connectivity index (χ4v) is 1.62. The van der Waals surface area contributed by atoms with Gasteiger partial charge in [0.05, 0.1) is 6.42 Å². The van der Waals surface area contributed by atoms with E-state index in [1.54, 1.807) is 18.2 Å². The Labute approximate surface area is 105 Å². The van der Waals surface area contributed by atoms with Crippen molar-refractivity contribution in [1.82, 2.24) is 5.32 Å². The fraction of sp³-hybridized carbons (Fsp3) is 0.385. The zero-order chi connectivity index (χ0) is 13.5. The van der Waals surface area contributed by atoms with Gasteiger partial charge in [-0.25, -0.2) is 4.79 Å². The molecule has 5 nitrogen and oxygen atoms in total. The number of hydrogen-bond donors (Lipinski definition) is 3. The van der Waals surface area contributed by atoms with Gasteiger partial charge in [0.15, 0.2) is 0 Å². The highest BCUT2D eigenvalue weighted by atomic mass is 16.4. The number of carboxylic acid groups (broad SMARTS) is 1. The van der Waals surface area contributed by atoms with Gasteiger partial charge in [-0.2, -0.15) is 0 Å². The Hall–Kier alpha value is -2.04. The van der Waals surface area contributed by atoms with Crippen LogP contribution in [0.15, 0.2) is 24.3 Å². The summed E-state index contributed by atoms with van der Waals surface area (Å²) >= 11 is 0. The predicted molar refractivity (Wildman–Crippen MR) is 66.3 cm³/mol.